The Hall–Kier alpha value is -0.940. The number of carbonyl (C=O) groups is 1. The molecule has 1 atom stereocenters. The molecule has 1 saturated heterocycles. The number of amides is 1. The lowest BCUT2D eigenvalue weighted by Gasteiger charge is -2.34. The van der Waals surface area contributed by atoms with Crippen LogP contribution in [0.15, 0.2) is 22.7 Å². The largest absolute Gasteiger partial charge is 0.358 e. The third kappa shape index (κ3) is 3.76. The van der Waals surface area contributed by atoms with Gasteiger partial charge >= 0.3 is 0 Å². The highest BCUT2D eigenvalue weighted by Gasteiger charge is 2.27. The molecular weight excluding hydrogens is 311 g/mol. The van der Waals surface area contributed by atoms with Crippen LogP contribution in [0.25, 0.3) is 0 Å². The Bertz CT molecular complexity index is 447. The van der Waals surface area contributed by atoms with E-state index in [1.807, 2.05) is 6.07 Å². The Morgan fingerprint density at radius 1 is 1.47 bits per heavy atom. The van der Waals surface area contributed by atoms with E-state index in [-0.39, 0.29) is 17.8 Å². The maximum absolute atomic E-state index is 13.4. The third-order valence-corrected chi connectivity index (χ3v) is 3.93. The SMILES string of the molecule is CNC(=O)C1CCCCN1Cc1cc(F)cc(Br)c1. The van der Waals surface area contributed by atoms with E-state index in [1.165, 1.54) is 12.1 Å². The van der Waals surface area contributed by atoms with Gasteiger partial charge in [0.1, 0.15) is 5.82 Å². The first-order chi connectivity index (χ1) is 9.10. The van der Waals surface area contributed by atoms with Gasteiger partial charge in [-0.2, -0.15) is 0 Å². The fourth-order valence-corrected chi connectivity index (χ4v) is 3.09. The van der Waals surface area contributed by atoms with E-state index in [0.717, 1.165) is 35.8 Å². The summed E-state index contributed by atoms with van der Waals surface area (Å²) in [6, 6.07) is 4.77. The minimum atomic E-state index is -0.252. The van der Waals surface area contributed by atoms with E-state index in [9.17, 15) is 9.18 Å². The van der Waals surface area contributed by atoms with Gasteiger partial charge in [0.05, 0.1) is 6.04 Å². The maximum Gasteiger partial charge on any atom is 0.237 e. The zero-order chi connectivity index (χ0) is 13.8. The van der Waals surface area contributed by atoms with Gasteiger partial charge < -0.3 is 5.32 Å². The average molecular weight is 329 g/mol. The number of nitrogens with one attached hydrogen (secondary N) is 1. The zero-order valence-corrected chi connectivity index (χ0v) is 12.5. The maximum atomic E-state index is 13.4. The van der Waals surface area contributed by atoms with Crippen LogP contribution in [0.1, 0.15) is 24.8 Å². The standard InChI is InChI=1S/C14H18BrFN2O/c1-17-14(19)13-4-2-3-5-18(13)9-10-6-11(15)8-12(16)7-10/h6-8,13H,2-5,9H2,1H3,(H,17,19). The van der Waals surface area contributed by atoms with Crippen molar-refractivity contribution in [1.29, 1.82) is 0 Å². The van der Waals surface area contributed by atoms with Crippen LogP contribution in [0, 0.1) is 5.82 Å². The van der Waals surface area contributed by atoms with E-state index >= 15 is 0 Å². The van der Waals surface area contributed by atoms with Gasteiger partial charge in [-0.05, 0) is 43.1 Å². The Balaban J connectivity index is 2.12. The molecule has 0 saturated carbocycles. The van der Waals surface area contributed by atoms with Crippen LogP contribution in [0.4, 0.5) is 4.39 Å². The number of benzene rings is 1. The van der Waals surface area contributed by atoms with Crippen molar-refractivity contribution >= 4 is 21.8 Å². The predicted octanol–water partition coefficient (Wildman–Crippen LogP) is 2.69. The topological polar surface area (TPSA) is 32.3 Å². The van der Waals surface area contributed by atoms with E-state index < -0.39 is 0 Å². The summed E-state index contributed by atoms with van der Waals surface area (Å²) in [6.45, 7) is 1.49. The van der Waals surface area contributed by atoms with Crippen molar-refractivity contribution in [1.82, 2.24) is 10.2 Å². The van der Waals surface area contributed by atoms with E-state index in [0.29, 0.717) is 6.54 Å². The number of rotatable bonds is 3. The molecule has 0 radical (unpaired) electrons. The Morgan fingerprint density at radius 2 is 2.26 bits per heavy atom. The number of hydrogen-bond acceptors (Lipinski definition) is 2. The molecule has 5 heteroatoms. The van der Waals surface area contributed by atoms with Gasteiger partial charge in [0.2, 0.25) is 5.91 Å². The van der Waals surface area contributed by atoms with Gasteiger partial charge in [0, 0.05) is 18.1 Å². The molecule has 1 aromatic rings. The molecule has 1 aromatic carbocycles. The minimum absolute atomic E-state index is 0.0511. The number of carbonyl (C=O) groups excluding carboxylic acids is 1. The van der Waals surface area contributed by atoms with E-state index in [4.69, 9.17) is 0 Å². The summed E-state index contributed by atoms with van der Waals surface area (Å²) >= 11 is 3.30. The molecule has 3 nitrogen and oxygen atoms in total. The lowest BCUT2D eigenvalue weighted by Crippen LogP contribution is -2.48. The average Bonchev–Trinajstić information content (AvgIpc) is 2.37. The highest BCUT2D eigenvalue weighted by Crippen LogP contribution is 2.22. The Labute approximate surface area is 121 Å². The minimum Gasteiger partial charge on any atom is -0.358 e. The second kappa shape index (κ2) is 6.48. The van der Waals surface area contributed by atoms with Gasteiger partial charge in [-0.25, -0.2) is 4.39 Å². The van der Waals surface area contributed by atoms with E-state index in [2.05, 4.69) is 26.1 Å². The Kier molecular flexibility index (Phi) is 4.93. The summed E-state index contributed by atoms with van der Waals surface area (Å²) in [7, 11) is 1.66. The quantitative estimate of drug-likeness (QED) is 0.925. The number of halogens is 2. The smallest absolute Gasteiger partial charge is 0.237 e. The fourth-order valence-electron chi connectivity index (χ4n) is 2.58. The number of piperidine rings is 1. The molecule has 0 aromatic heterocycles. The highest BCUT2D eigenvalue weighted by molar-refractivity contribution is 9.10. The van der Waals surface area contributed by atoms with Gasteiger partial charge in [-0.3, -0.25) is 9.69 Å². The molecule has 1 fully saturated rings. The molecule has 1 heterocycles. The van der Waals surface area contributed by atoms with Crippen molar-refractivity contribution in [3.8, 4) is 0 Å². The molecule has 1 aliphatic rings. The number of hydrogen-bond donors (Lipinski definition) is 1. The molecule has 1 N–H and O–H groups in total. The molecule has 19 heavy (non-hydrogen) atoms. The van der Waals surface area contributed by atoms with Crippen molar-refractivity contribution in [2.45, 2.75) is 31.8 Å². The summed E-state index contributed by atoms with van der Waals surface area (Å²) in [4.78, 5) is 14.0. The normalized spacial score (nSPS) is 20.3. The zero-order valence-electron chi connectivity index (χ0n) is 11.0. The molecule has 104 valence electrons. The van der Waals surface area contributed by atoms with Crippen LogP contribution < -0.4 is 5.32 Å². The second-order valence-electron chi connectivity index (χ2n) is 4.87. The molecule has 1 amide bonds. The predicted molar refractivity (Wildman–Crippen MR) is 76.2 cm³/mol. The van der Waals surface area contributed by atoms with Gasteiger partial charge in [-0.1, -0.05) is 22.4 Å². The summed E-state index contributed by atoms with van der Waals surface area (Å²) < 4.78 is 14.1. The van der Waals surface area contributed by atoms with Crippen LogP contribution in [0.5, 0.6) is 0 Å². The summed E-state index contributed by atoms with van der Waals surface area (Å²) in [5.74, 6) is -0.201. The lowest BCUT2D eigenvalue weighted by atomic mass is 10.0. The number of likely N-dealkylation sites (N-methyl/N-ethyl adjacent to an activating group) is 1. The molecule has 1 aliphatic heterocycles. The molecule has 0 spiro atoms. The van der Waals surface area contributed by atoms with Crippen LogP contribution in [0.2, 0.25) is 0 Å². The molecule has 2 rings (SSSR count). The molecular formula is C14H18BrFN2O. The van der Waals surface area contributed by atoms with Crippen molar-refractivity contribution in [3.63, 3.8) is 0 Å². The number of likely N-dealkylation sites (tertiary alicyclic amines) is 1. The first-order valence-electron chi connectivity index (χ1n) is 6.51. The fraction of sp³-hybridized carbons (Fsp3) is 0.500. The van der Waals surface area contributed by atoms with Crippen molar-refractivity contribution in [2.24, 2.45) is 0 Å². The molecule has 0 aliphatic carbocycles. The first kappa shape index (κ1) is 14.5. The summed E-state index contributed by atoms with van der Waals surface area (Å²) in [5, 5.41) is 2.71. The van der Waals surface area contributed by atoms with Crippen molar-refractivity contribution in [3.05, 3.63) is 34.1 Å². The van der Waals surface area contributed by atoms with Crippen molar-refractivity contribution < 1.29 is 9.18 Å². The van der Waals surface area contributed by atoms with Gasteiger partial charge in [0.15, 0.2) is 0 Å². The summed E-state index contributed by atoms with van der Waals surface area (Å²) in [5.41, 5.74) is 0.891. The number of nitrogens with zero attached hydrogens (tertiary/aromatic N) is 1. The van der Waals surface area contributed by atoms with Gasteiger partial charge in [0.25, 0.3) is 0 Å². The van der Waals surface area contributed by atoms with E-state index in [1.54, 1.807) is 7.05 Å². The summed E-state index contributed by atoms with van der Waals surface area (Å²) in [6.07, 6.45) is 3.03. The van der Waals surface area contributed by atoms with Crippen LogP contribution in [-0.2, 0) is 11.3 Å². The van der Waals surface area contributed by atoms with Crippen molar-refractivity contribution in [2.75, 3.05) is 13.6 Å². The van der Waals surface area contributed by atoms with Crippen LogP contribution in [0.3, 0.4) is 0 Å². The second-order valence-corrected chi connectivity index (χ2v) is 5.79. The monoisotopic (exact) mass is 328 g/mol. The van der Waals surface area contributed by atoms with Crippen LogP contribution >= 0.6 is 15.9 Å². The molecule has 1 unspecified atom stereocenters. The third-order valence-electron chi connectivity index (χ3n) is 3.47. The Morgan fingerprint density at radius 3 is 2.95 bits per heavy atom. The molecule has 0 bridgehead atoms. The highest BCUT2D eigenvalue weighted by atomic mass is 79.9. The van der Waals surface area contributed by atoms with Gasteiger partial charge in [-0.15, -0.1) is 0 Å². The van der Waals surface area contributed by atoms with Crippen LogP contribution in [-0.4, -0.2) is 30.4 Å². The lowest BCUT2D eigenvalue weighted by molar-refractivity contribution is -0.127. The first-order valence-corrected chi connectivity index (χ1v) is 7.30.